The Hall–Kier alpha value is -1.42. The van der Waals surface area contributed by atoms with Crippen LogP contribution in [0.1, 0.15) is 23.7 Å². The zero-order chi connectivity index (χ0) is 11.4. The first-order valence-electron chi connectivity index (χ1n) is 4.26. The van der Waals surface area contributed by atoms with Crippen LogP contribution in [0.15, 0.2) is 12.3 Å². The maximum absolute atomic E-state index is 11.6. The minimum atomic E-state index is -0.339. The molecular weight excluding hydrogens is 218 g/mol. The molecule has 0 saturated heterocycles. The normalized spacial score (nSPS) is 9.80. The summed E-state index contributed by atoms with van der Waals surface area (Å²) in [6.07, 6.45) is 1.21. The molecule has 15 heavy (non-hydrogen) atoms. The molecule has 0 radical (unpaired) electrons. The molecule has 0 atom stereocenters. The summed E-state index contributed by atoms with van der Waals surface area (Å²) >= 11 is 5.70. The predicted molar refractivity (Wildman–Crippen MR) is 55.4 cm³/mol. The van der Waals surface area contributed by atoms with Gasteiger partial charge >= 0.3 is 0 Å². The molecule has 80 valence electrons. The first kappa shape index (κ1) is 11.7. The number of ether oxygens (including phenoxy) is 1. The molecule has 4 nitrogen and oxygen atoms in total. The minimum absolute atomic E-state index is 0.168. The highest BCUT2D eigenvalue weighted by molar-refractivity contribution is 6.31. The molecule has 0 aromatic carbocycles. The van der Waals surface area contributed by atoms with Gasteiger partial charge in [0.25, 0.3) is 0 Å². The summed E-state index contributed by atoms with van der Waals surface area (Å²) < 4.78 is 4.90. The van der Waals surface area contributed by atoms with E-state index in [9.17, 15) is 9.59 Å². The highest BCUT2D eigenvalue weighted by atomic mass is 35.5. The van der Waals surface area contributed by atoms with E-state index in [2.05, 4.69) is 4.98 Å². The van der Waals surface area contributed by atoms with Crippen molar-refractivity contribution in [3.05, 3.63) is 22.8 Å². The largest absolute Gasteiger partial charge is 0.480 e. The van der Waals surface area contributed by atoms with Crippen molar-refractivity contribution in [2.24, 2.45) is 0 Å². The molecule has 0 aliphatic carbocycles. The second-order valence-electron chi connectivity index (χ2n) is 3.01. The summed E-state index contributed by atoms with van der Waals surface area (Å²) in [5.41, 5.74) is 0.236. The molecule has 0 N–H and O–H groups in total. The molecule has 0 bridgehead atoms. The van der Waals surface area contributed by atoms with E-state index in [0.717, 1.165) is 0 Å². The highest BCUT2D eigenvalue weighted by Crippen LogP contribution is 2.20. The Morgan fingerprint density at radius 2 is 2.20 bits per heavy atom. The number of aromatic nitrogens is 1. The van der Waals surface area contributed by atoms with Gasteiger partial charge in [0.2, 0.25) is 5.88 Å². The minimum Gasteiger partial charge on any atom is -0.480 e. The van der Waals surface area contributed by atoms with Crippen molar-refractivity contribution < 1.29 is 14.3 Å². The van der Waals surface area contributed by atoms with Crippen LogP contribution in [-0.4, -0.2) is 23.7 Å². The van der Waals surface area contributed by atoms with E-state index in [4.69, 9.17) is 16.3 Å². The number of halogens is 1. The Balaban J connectivity index is 3.05. The zero-order valence-corrected chi connectivity index (χ0v) is 9.17. The van der Waals surface area contributed by atoms with Crippen LogP contribution in [0.5, 0.6) is 5.88 Å². The summed E-state index contributed by atoms with van der Waals surface area (Å²) in [5.74, 6) is -0.359. The van der Waals surface area contributed by atoms with E-state index in [1.54, 1.807) is 0 Å². The molecule has 0 spiro atoms. The van der Waals surface area contributed by atoms with Gasteiger partial charge < -0.3 is 4.74 Å². The maximum atomic E-state index is 11.6. The van der Waals surface area contributed by atoms with E-state index < -0.39 is 0 Å². The monoisotopic (exact) mass is 227 g/mol. The van der Waals surface area contributed by atoms with Crippen LogP contribution >= 0.6 is 11.6 Å². The standard InChI is InChI=1S/C10H10ClNO3/c1-6(13)3-9(14)8-4-7(11)5-12-10(8)15-2/h4-5H,3H2,1-2H3. The third-order valence-electron chi connectivity index (χ3n) is 1.72. The van der Waals surface area contributed by atoms with Crippen LogP contribution in [-0.2, 0) is 4.79 Å². The lowest BCUT2D eigenvalue weighted by atomic mass is 10.1. The summed E-state index contributed by atoms with van der Waals surface area (Å²) in [6.45, 7) is 1.35. The van der Waals surface area contributed by atoms with E-state index in [-0.39, 0.29) is 29.4 Å². The number of carbonyl (C=O) groups is 2. The Labute approximate surface area is 92.2 Å². The van der Waals surface area contributed by atoms with Crippen molar-refractivity contribution in [3.63, 3.8) is 0 Å². The van der Waals surface area contributed by atoms with Crippen LogP contribution in [0.2, 0.25) is 5.02 Å². The summed E-state index contributed by atoms with van der Waals surface area (Å²) in [6, 6.07) is 1.44. The molecule has 1 rings (SSSR count). The number of carbonyl (C=O) groups excluding carboxylic acids is 2. The third-order valence-corrected chi connectivity index (χ3v) is 1.93. The smallest absolute Gasteiger partial charge is 0.224 e. The summed E-state index contributed by atoms with van der Waals surface area (Å²) in [5, 5.41) is 0.336. The number of methoxy groups -OCH3 is 1. The van der Waals surface area contributed by atoms with Gasteiger partial charge in [0.05, 0.1) is 24.1 Å². The molecule has 0 fully saturated rings. The molecule has 1 aromatic heterocycles. The lowest BCUT2D eigenvalue weighted by molar-refractivity contribution is -0.116. The molecule has 0 aliphatic heterocycles. The van der Waals surface area contributed by atoms with Crippen molar-refractivity contribution in [3.8, 4) is 5.88 Å². The maximum Gasteiger partial charge on any atom is 0.224 e. The topological polar surface area (TPSA) is 56.3 Å². The fraction of sp³-hybridized carbons (Fsp3) is 0.300. The Morgan fingerprint density at radius 1 is 1.53 bits per heavy atom. The van der Waals surface area contributed by atoms with Crippen LogP contribution in [0.4, 0.5) is 0 Å². The molecule has 5 heteroatoms. The third kappa shape index (κ3) is 3.02. The number of ketones is 2. The second kappa shape index (κ2) is 4.89. The van der Waals surface area contributed by atoms with Crippen molar-refractivity contribution in [2.75, 3.05) is 7.11 Å². The fourth-order valence-corrected chi connectivity index (χ4v) is 1.27. The molecule has 1 heterocycles. The number of Topliss-reactive ketones (excluding diaryl/α,β-unsaturated/α-hetero) is 2. The number of hydrogen-bond donors (Lipinski definition) is 0. The Kier molecular flexibility index (Phi) is 3.80. The van der Waals surface area contributed by atoms with Gasteiger partial charge in [-0.3, -0.25) is 9.59 Å². The summed E-state index contributed by atoms with van der Waals surface area (Å²) in [4.78, 5) is 26.2. The molecule has 0 aliphatic rings. The van der Waals surface area contributed by atoms with Crippen molar-refractivity contribution in [1.82, 2.24) is 4.98 Å². The Bertz CT molecular complexity index is 404. The average Bonchev–Trinajstić information content (AvgIpc) is 2.16. The molecular formula is C10H10ClNO3. The van der Waals surface area contributed by atoms with Gasteiger partial charge in [0.1, 0.15) is 5.78 Å². The van der Waals surface area contributed by atoms with Gasteiger partial charge in [-0.05, 0) is 13.0 Å². The van der Waals surface area contributed by atoms with Crippen LogP contribution in [0, 0.1) is 0 Å². The van der Waals surface area contributed by atoms with E-state index in [1.807, 2.05) is 0 Å². The average molecular weight is 228 g/mol. The van der Waals surface area contributed by atoms with Gasteiger partial charge in [-0.1, -0.05) is 11.6 Å². The number of rotatable bonds is 4. The lowest BCUT2D eigenvalue weighted by Crippen LogP contribution is -2.07. The van der Waals surface area contributed by atoms with Gasteiger partial charge in [0, 0.05) is 6.20 Å². The highest BCUT2D eigenvalue weighted by Gasteiger charge is 2.15. The summed E-state index contributed by atoms with van der Waals surface area (Å²) in [7, 11) is 1.40. The lowest BCUT2D eigenvalue weighted by Gasteiger charge is -2.05. The molecule has 0 amide bonds. The SMILES string of the molecule is COc1ncc(Cl)cc1C(=O)CC(C)=O. The molecule has 0 saturated carbocycles. The van der Waals surface area contributed by atoms with Crippen LogP contribution in [0.25, 0.3) is 0 Å². The van der Waals surface area contributed by atoms with Crippen LogP contribution < -0.4 is 4.74 Å². The predicted octanol–water partition coefficient (Wildman–Crippen LogP) is 1.91. The number of nitrogens with zero attached hydrogens (tertiary/aromatic N) is 1. The fourth-order valence-electron chi connectivity index (χ4n) is 1.11. The van der Waals surface area contributed by atoms with Crippen LogP contribution in [0.3, 0.4) is 0 Å². The number of hydrogen-bond acceptors (Lipinski definition) is 4. The quantitative estimate of drug-likeness (QED) is 0.582. The Morgan fingerprint density at radius 3 is 2.73 bits per heavy atom. The van der Waals surface area contributed by atoms with Crippen molar-refractivity contribution in [2.45, 2.75) is 13.3 Å². The van der Waals surface area contributed by atoms with E-state index >= 15 is 0 Å². The first-order chi connectivity index (χ1) is 7.04. The van der Waals surface area contributed by atoms with Crippen molar-refractivity contribution >= 4 is 23.2 Å². The first-order valence-corrected chi connectivity index (χ1v) is 4.64. The second-order valence-corrected chi connectivity index (χ2v) is 3.45. The van der Waals surface area contributed by atoms with Gasteiger partial charge in [0.15, 0.2) is 5.78 Å². The van der Waals surface area contributed by atoms with Gasteiger partial charge in [-0.25, -0.2) is 4.98 Å². The zero-order valence-electron chi connectivity index (χ0n) is 8.41. The van der Waals surface area contributed by atoms with E-state index in [1.165, 1.54) is 26.3 Å². The molecule has 1 aromatic rings. The van der Waals surface area contributed by atoms with E-state index in [0.29, 0.717) is 5.02 Å². The van der Waals surface area contributed by atoms with Crippen molar-refractivity contribution in [1.29, 1.82) is 0 Å². The number of pyridine rings is 1. The molecule has 0 unspecified atom stereocenters. The van der Waals surface area contributed by atoms with Gasteiger partial charge in [-0.15, -0.1) is 0 Å². The van der Waals surface area contributed by atoms with Gasteiger partial charge in [-0.2, -0.15) is 0 Å².